The van der Waals surface area contributed by atoms with Gasteiger partial charge in [-0.25, -0.2) is 14.6 Å². The van der Waals surface area contributed by atoms with Crippen molar-refractivity contribution in [2.24, 2.45) is 5.73 Å². The largest absolute Gasteiger partial charge is 0.394 e. The molecule has 3 heterocycles. The summed E-state index contributed by atoms with van der Waals surface area (Å²) in [5.41, 5.74) is 11.9. The van der Waals surface area contributed by atoms with Crippen LogP contribution in [0.15, 0.2) is 6.33 Å². The van der Waals surface area contributed by atoms with Gasteiger partial charge in [0.25, 0.3) is 0 Å². The van der Waals surface area contributed by atoms with Crippen LogP contribution in [0.25, 0.3) is 11.0 Å². The smallest absolute Gasteiger partial charge is 0.181 e. The molecular weight excluding hydrogens is 312 g/mol. The maximum atomic E-state index is 10.1. The molecule has 7 N–H and O–H groups in total. The second kappa shape index (κ2) is 5.37. The topological polar surface area (TPSA) is 166 Å². The van der Waals surface area contributed by atoms with E-state index in [1.807, 2.05) is 0 Å². The van der Waals surface area contributed by atoms with Gasteiger partial charge < -0.3 is 31.5 Å². The summed E-state index contributed by atoms with van der Waals surface area (Å²) in [4.78, 5) is 7.90. The first-order valence-corrected chi connectivity index (χ1v) is 6.77. The van der Waals surface area contributed by atoms with Crippen molar-refractivity contribution >= 4 is 34.1 Å². The fourth-order valence-corrected chi connectivity index (χ4v) is 2.57. The van der Waals surface area contributed by atoms with Gasteiger partial charge in [-0.05, 0) is 0 Å². The van der Waals surface area contributed by atoms with Gasteiger partial charge in [-0.15, -0.1) is 0 Å². The summed E-state index contributed by atoms with van der Waals surface area (Å²) < 4.78 is 6.65. The van der Waals surface area contributed by atoms with Crippen molar-refractivity contribution in [3.8, 4) is 0 Å². The minimum atomic E-state index is -1.31. The van der Waals surface area contributed by atoms with E-state index in [0.29, 0.717) is 5.39 Å². The first-order valence-electron chi connectivity index (χ1n) is 6.36. The third-order valence-corrected chi connectivity index (χ3v) is 3.70. The lowest BCUT2D eigenvalue weighted by Crippen LogP contribution is -2.33. The third kappa shape index (κ3) is 2.10. The Morgan fingerprint density at radius 2 is 2.09 bits per heavy atom. The van der Waals surface area contributed by atoms with Crippen molar-refractivity contribution < 1.29 is 20.1 Å². The highest BCUT2D eigenvalue weighted by atomic mass is 32.1. The average Bonchev–Trinajstić information content (AvgIpc) is 3.00. The molecule has 10 nitrogen and oxygen atoms in total. The Labute approximate surface area is 129 Å². The number of nitrogen functional groups attached to an aromatic ring is 1. The highest BCUT2D eigenvalue weighted by Crippen LogP contribution is 2.32. The number of nitrogens with two attached hydrogens (primary N) is 2. The Morgan fingerprint density at radius 1 is 1.36 bits per heavy atom. The molecule has 11 heteroatoms. The minimum Gasteiger partial charge on any atom is -0.394 e. The molecule has 0 aliphatic carbocycles. The van der Waals surface area contributed by atoms with Crippen LogP contribution in [0.1, 0.15) is 11.9 Å². The molecule has 1 aliphatic heterocycles. The van der Waals surface area contributed by atoms with E-state index in [2.05, 4.69) is 15.1 Å². The first-order chi connectivity index (χ1) is 10.5. The molecular formula is C11H14N6O4S. The Morgan fingerprint density at radius 3 is 2.68 bits per heavy atom. The van der Waals surface area contributed by atoms with Crippen molar-refractivity contribution in [2.75, 3.05) is 12.3 Å². The summed E-state index contributed by atoms with van der Waals surface area (Å²) in [6.07, 6.45) is -3.35. The van der Waals surface area contributed by atoms with Crippen LogP contribution in [0.5, 0.6) is 0 Å². The minimum absolute atomic E-state index is 0.0167. The molecule has 1 unspecified atom stereocenters. The Balaban J connectivity index is 2.16. The van der Waals surface area contributed by atoms with E-state index in [1.54, 1.807) is 0 Å². The fourth-order valence-electron chi connectivity index (χ4n) is 2.43. The van der Waals surface area contributed by atoms with E-state index in [1.165, 1.54) is 11.0 Å². The van der Waals surface area contributed by atoms with E-state index in [4.69, 9.17) is 33.5 Å². The molecule has 2 aromatic rings. The zero-order valence-electron chi connectivity index (χ0n) is 11.2. The van der Waals surface area contributed by atoms with Crippen LogP contribution in [-0.2, 0) is 4.74 Å². The second-order valence-electron chi connectivity index (χ2n) is 4.84. The number of rotatable bonds is 3. The van der Waals surface area contributed by atoms with Gasteiger partial charge in [0.1, 0.15) is 41.1 Å². The van der Waals surface area contributed by atoms with Gasteiger partial charge in [0.05, 0.1) is 12.0 Å². The quantitative estimate of drug-likeness (QED) is 0.385. The fraction of sp³-hybridized carbons (Fsp3) is 0.455. The molecule has 0 radical (unpaired) electrons. The number of nitrogens with zero attached hydrogens (tertiary/aromatic N) is 4. The lowest BCUT2D eigenvalue weighted by Gasteiger charge is -2.15. The third-order valence-electron chi connectivity index (χ3n) is 3.51. The standard InChI is InChI=1S/C11H14N6O4S/c12-8-4-5(9(13)22)16-17(10(4)15-2-14-8)11-7(20)6(19)3(1-18)21-11/h2-3,6-7,11,18-20H,1H2,(H2,13,22)(H2,12,14,15)/t3-,6-,7-,11?/m1/s1. The molecule has 4 atom stereocenters. The molecule has 3 rings (SSSR count). The lowest BCUT2D eigenvalue weighted by atomic mass is 10.1. The van der Waals surface area contributed by atoms with E-state index in [9.17, 15) is 10.2 Å². The first kappa shape index (κ1) is 15.0. The summed E-state index contributed by atoms with van der Waals surface area (Å²) in [6.45, 7) is -0.451. The summed E-state index contributed by atoms with van der Waals surface area (Å²) in [7, 11) is 0. The molecule has 2 aromatic heterocycles. The number of aliphatic hydroxyl groups excluding tert-OH is 3. The zero-order chi connectivity index (χ0) is 16.0. The lowest BCUT2D eigenvalue weighted by molar-refractivity contribution is -0.0566. The number of aromatic nitrogens is 4. The van der Waals surface area contributed by atoms with Crippen molar-refractivity contribution in [2.45, 2.75) is 24.5 Å². The van der Waals surface area contributed by atoms with Crippen molar-refractivity contribution in [1.82, 2.24) is 19.7 Å². The number of thiocarbonyl (C=S) groups is 1. The molecule has 0 aromatic carbocycles. The number of fused-ring (bicyclic) bond motifs is 1. The predicted molar refractivity (Wildman–Crippen MR) is 78.6 cm³/mol. The van der Waals surface area contributed by atoms with Gasteiger partial charge in [-0.2, -0.15) is 5.10 Å². The summed E-state index contributed by atoms with van der Waals surface area (Å²) in [5, 5.41) is 33.6. The molecule has 0 amide bonds. The van der Waals surface area contributed by atoms with Crippen LogP contribution >= 0.6 is 12.2 Å². The van der Waals surface area contributed by atoms with Gasteiger partial charge >= 0.3 is 0 Å². The van der Waals surface area contributed by atoms with Gasteiger partial charge in [-0.1, -0.05) is 12.2 Å². The Bertz CT molecular complexity index is 737. The Kier molecular flexibility index (Phi) is 3.66. The molecule has 0 bridgehead atoms. The van der Waals surface area contributed by atoms with Crippen molar-refractivity contribution in [3.05, 3.63) is 12.0 Å². The maximum Gasteiger partial charge on any atom is 0.181 e. The molecule has 1 aliphatic rings. The summed E-state index contributed by atoms with van der Waals surface area (Å²) in [6, 6.07) is 0. The van der Waals surface area contributed by atoms with Gasteiger partial charge in [-0.3, -0.25) is 0 Å². The highest BCUT2D eigenvalue weighted by Gasteiger charge is 2.44. The normalized spacial score (nSPS) is 28.3. The monoisotopic (exact) mass is 326 g/mol. The molecule has 0 saturated carbocycles. The molecule has 22 heavy (non-hydrogen) atoms. The number of anilines is 1. The van der Waals surface area contributed by atoms with Crippen LogP contribution in [0.3, 0.4) is 0 Å². The molecule has 118 valence electrons. The predicted octanol–water partition coefficient (Wildman–Crippen LogP) is -2.35. The SMILES string of the molecule is NC(=S)c1nn(C2O[C@H](CO)[C@@H](O)[C@H]2O)c2ncnc(N)c12. The molecule has 0 spiro atoms. The van der Waals surface area contributed by atoms with Crippen LogP contribution in [0.2, 0.25) is 0 Å². The van der Waals surface area contributed by atoms with Crippen molar-refractivity contribution in [3.63, 3.8) is 0 Å². The average molecular weight is 326 g/mol. The summed E-state index contributed by atoms with van der Waals surface area (Å²) in [5.74, 6) is 0.130. The molecule has 1 saturated heterocycles. The summed E-state index contributed by atoms with van der Waals surface area (Å²) >= 11 is 4.93. The van der Waals surface area contributed by atoms with E-state index in [-0.39, 0.29) is 22.1 Å². The van der Waals surface area contributed by atoms with Crippen molar-refractivity contribution in [1.29, 1.82) is 0 Å². The number of hydrogen-bond donors (Lipinski definition) is 5. The van der Waals surface area contributed by atoms with Gasteiger partial charge in [0.15, 0.2) is 11.9 Å². The number of aliphatic hydroxyl groups is 3. The Hall–Kier alpha value is -1.92. The van der Waals surface area contributed by atoms with Crippen LogP contribution in [0.4, 0.5) is 5.82 Å². The van der Waals surface area contributed by atoms with Crippen LogP contribution < -0.4 is 11.5 Å². The highest BCUT2D eigenvalue weighted by molar-refractivity contribution is 7.80. The van der Waals surface area contributed by atoms with Crippen LogP contribution in [0, 0.1) is 0 Å². The number of ether oxygens (including phenoxy) is 1. The molecule has 1 fully saturated rings. The van der Waals surface area contributed by atoms with Gasteiger partial charge in [0.2, 0.25) is 0 Å². The second-order valence-corrected chi connectivity index (χ2v) is 5.28. The maximum absolute atomic E-state index is 10.1. The number of hydrogen-bond acceptors (Lipinski definition) is 9. The van der Waals surface area contributed by atoms with E-state index >= 15 is 0 Å². The van der Waals surface area contributed by atoms with Gasteiger partial charge in [0, 0.05) is 0 Å². The zero-order valence-corrected chi connectivity index (χ0v) is 12.0. The van der Waals surface area contributed by atoms with E-state index < -0.39 is 31.1 Å². The van der Waals surface area contributed by atoms with Crippen LogP contribution in [-0.4, -0.2) is 65.0 Å². The van der Waals surface area contributed by atoms with E-state index in [0.717, 1.165) is 0 Å².